The summed E-state index contributed by atoms with van der Waals surface area (Å²) in [6.45, 7) is 0.453. The summed E-state index contributed by atoms with van der Waals surface area (Å²) in [5, 5.41) is 9.12. The molecule has 1 amide bonds. The molecule has 0 radical (unpaired) electrons. The zero-order valence-corrected chi connectivity index (χ0v) is 8.60. The van der Waals surface area contributed by atoms with Crippen LogP contribution >= 0.6 is 0 Å². The van der Waals surface area contributed by atoms with Crippen LogP contribution in [-0.2, 0) is 0 Å². The fourth-order valence-electron chi connectivity index (χ4n) is 1.08. The van der Waals surface area contributed by atoms with E-state index in [1.165, 1.54) is 18.2 Å². The van der Waals surface area contributed by atoms with Crippen LogP contribution in [0.25, 0.3) is 0 Å². The topological polar surface area (TPSA) is 75.8 Å². The molecule has 0 aliphatic rings. The Kier molecular flexibility index (Phi) is 4.53. The van der Waals surface area contributed by atoms with E-state index in [0.29, 0.717) is 17.2 Å². The van der Waals surface area contributed by atoms with Crippen molar-refractivity contribution in [1.29, 1.82) is 0 Å². The van der Waals surface area contributed by atoms with Gasteiger partial charge in [0.25, 0.3) is 0 Å². The molecule has 1 aromatic carbocycles. The first kappa shape index (κ1) is 12.3. The number of benzene rings is 1. The van der Waals surface area contributed by atoms with Gasteiger partial charge in [-0.25, -0.2) is 20.0 Å². The number of ether oxygens (including phenoxy) is 1. The Balaban J connectivity index is 2.23. The number of nitrogens with two attached hydrogens (primary N) is 1. The van der Waals surface area contributed by atoms with Crippen molar-refractivity contribution < 1.29 is 19.0 Å². The lowest BCUT2D eigenvalue weighted by Crippen LogP contribution is -2.37. The Morgan fingerprint density at radius 1 is 1.56 bits per heavy atom. The first-order chi connectivity index (χ1) is 7.59. The molecule has 0 aliphatic carbocycles. The molecule has 88 valence electrons. The second-order valence-corrected chi connectivity index (χ2v) is 3.14. The first-order valence-electron chi connectivity index (χ1n) is 4.73. The predicted octanol–water partition coefficient (Wildman–Crippen LogP) is 1.45. The Hall–Kier alpha value is -1.82. The van der Waals surface area contributed by atoms with Gasteiger partial charge in [-0.15, -0.1) is 0 Å². The number of carbonyl (C=O) groups is 1. The monoisotopic (exact) mass is 228 g/mol. The average molecular weight is 228 g/mol. The first-order valence-corrected chi connectivity index (χ1v) is 4.73. The van der Waals surface area contributed by atoms with Crippen molar-refractivity contribution in [2.45, 2.75) is 6.42 Å². The summed E-state index contributed by atoms with van der Waals surface area (Å²) in [4.78, 5) is 10.3. The molecular weight excluding hydrogens is 215 g/mol. The lowest BCUT2D eigenvalue weighted by Gasteiger charge is -2.12. The molecule has 0 aliphatic heterocycles. The summed E-state index contributed by atoms with van der Waals surface area (Å²) in [6.07, 6.45) is -0.745. The third-order valence-electron chi connectivity index (χ3n) is 1.85. The van der Waals surface area contributed by atoms with Crippen molar-refractivity contribution >= 4 is 6.09 Å². The van der Waals surface area contributed by atoms with E-state index in [9.17, 15) is 9.18 Å². The number of halogens is 1. The van der Waals surface area contributed by atoms with Gasteiger partial charge in [0, 0.05) is 19.0 Å². The molecule has 1 aromatic rings. The summed E-state index contributed by atoms with van der Waals surface area (Å²) in [6, 6.07) is 5.74. The average Bonchev–Trinajstić information content (AvgIpc) is 2.24. The van der Waals surface area contributed by atoms with Gasteiger partial charge >= 0.3 is 6.09 Å². The molecule has 0 fully saturated rings. The second-order valence-electron chi connectivity index (χ2n) is 3.14. The molecule has 0 unspecified atom stereocenters. The minimum absolute atomic E-state index is 0.171. The zero-order valence-electron chi connectivity index (χ0n) is 8.60. The Morgan fingerprint density at radius 2 is 2.31 bits per heavy atom. The van der Waals surface area contributed by atoms with Crippen molar-refractivity contribution in [3.8, 4) is 5.75 Å². The number of carboxylic acid groups (broad SMARTS) is 1. The van der Waals surface area contributed by atoms with Gasteiger partial charge in [0.05, 0.1) is 6.61 Å². The molecule has 0 spiro atoms. The number of rotatable bonds is 5. The van der Waals surface area contributed by atoms with Crippen LogP contribution in [0, 0.1) is 5.82 Å². The Bertz CT molecular complexity index is 360. The third-order valence-corrected chi connectivity index (χ3v) is 1.85. The SMILES string of the molecule is NN(CCCOc1cccc(F)c1)C(=O)O. The van der Waals surface area contributed by atoms with Gasteiger partial charge in [0.1, 0.15) is 11.6 Å². The number of hydrogen-bond acceptors (Lipinski definition) is 3. The molecule has 0 saturated carbocycles. The maximum atomic E-state index is 12.7. The van der Waals surface area contributed by atoms with E-state index in [1.54, 1.807) is 6.07 Å². The van der Waals surface area contributed by atoms with Crippen LogP contribution in [0.2, 0.25) is 0 Å². The number of nitrogens with zero attached hydrogens (tertiary/aromatic N) is 1. The Morgan fingerprint density at radius 3 is 2.94 bits per heavy atom. The van der Waals surface area contributed by atoms with E-state index >= 15 is 0 Å². The fourth-order valence-corrected chi connectivity index (χ4v) is 1.08. The van der Waals surface area contributed by atoms with Crippen LogP contribution in [0.5, 0.6) is 5.75 Å². The molecule has 3 N–H and O–H groups in total. The van der Waals surface area contributed by atoms with Crippen LogP contribution < -0.4 is 10.6 Å². The van der Waals surface area contributed by atoms with Crippen molar-refractivity contribution in [1.82, 2.24) is 5.01 Å². The predicted molar refractivity (Wildman–Crippen MR) is 55.4 cm³/mol. The highest BCUT2D eigenvalue weighted by atomic mass is 19.1. The highest BCUT2D eigenvalue weighted by molar-refractivity contribution is 5.63. The van der Waals surface area contributed by atoms with Crippen LogP contribution in [0.1, 0.15) is 6.42 Å². The zero-order chi connectivity index (χ0) is 12.0. The van der Waals surface area contributed by atoms with Crippen molar-refractivity contribution in [2.75, 3.05) is 13.2 Å². The van der Waals surface area contributed by atoms with Gasteiger partial charge in [-0.3, -0.25) is 0 Å². The summed E-state index contributed by atoms with van der Waals surface area (Å²) in [5.74, 6) is 5.18. The van der Waals surface area contributed by atoms with E-state index in [2.05, 4.69) is 0 Å². The minimum atomic E-state index is -1.19. The van der Waals surface area contributed by atoms with E-state index in [1.807, 2.05) is 0 Å². The highest BCUT2D eigenvalue weighted by Gasteiger charge is 2.04. The molecule has 0 bridgehead atoms. The molecular formula is C10H13FN2O3. The van der Waals surface area contributed by atoms with Crippen LogP contribution in [0.4, 0.5) is 9.18 Å². The molecule has 0 atom stereocenters. The van der Waals surface area contributed by atoms with Gasteiger partial charge in [-0.2, -0.15) is 0 Å². The van der Waals surface area contributed by atoms with Gasteiger partial charge < -0.3 is 9.84 Å². The Labute approximate surface area is 92.2 Å². The van der Waals surface area contributed by atoms with Crippen molar-refractivity contribution in [2.24, 2.45) is 5.84 Å². The molecule has 6 heteroatoms. The number of hydrazine groups is 1. The van der Waals surface area contributed by atoms with Gasteiger partial charge in [0.15, 0.2) is 0 Å². The summed E-state index contributed by atoms with van der Waals surface area (Å²) in [7, 11) is 0. The quantitative estimate of drug-likeness (QED) is 0.346. The summed E-state index contributed by atoms with van der Waals surface area (Å²) < 4.78 is 17.9. The van der Waals surface area contributed by atoms with Crippen LogP contribution in [-0.4, -0.2) is 29.4 Å². The van der Waals surface area contributed by atoms with Crippen LogP contribution in [0.3, 0.4) is 0 Å². The van der Waals surface area contributed by atoms with Gasteiger partial charge in [-0.1, -0.05) is 6.07 Å². The molecule has 5 nitrogen and oxygen atoms in total. The molecule has 0 heterocycles. The molecule has 0 saturated heterocycles. The molecule has 1 rings (SSSR count). The van der Waals surface area contributed by atoms with Crippen LogP contribution in [0.15, 0.2) is 24.3 Å². The summed E-state index contributed by atoms with van der Waals surface area (Å²) >= 11 is 0. The molecule has 16 heavy (non-hydrogen) atoms. The maximum Gasteiger partial charge on any atom is 0.421 e. The van der Waals surface area contributed by atoms with Crippen molar-refractivity contribution in [3.63, 3.8) is 0 Å². The van der Waals surface area contributed by atoms with E-state index < -0.39 is 6.09 Å². The van der Waals surface area contributed by atoms with E-state index in [0.717, 1.165) is 0 Å². The largest absolute Gasteiger partial charge is 0.493 e. The summed E-state index contributed by atoms with van der Waals surface area (Å²) in [5.41, 5.74) is 0. The highest BCUT2D eigenvalue weighted by Crippen LogP contribution is 2.11. The van der Waals surface area contributed by atoms with Gasteiger partial charge in [-0.05, 0) is 12.1 Å². The smallest absolute Gasteiger partial charge is 0.421 e. The molecule has 0 aromatic heterocycles. The minimum Gasteiger partial charge on any atom is -0.493 e. The normalized spacial score (nSPS) is 9.88. The van der Waals surface area contributed by atoms with Crippen molar-refractivity contribution in [3.05, 3.63) is 30.1 Å². The van der Waals surface area contributed by atoms with E-state index in [4.69, 9.17) is 15.7 Å². The maximum absolute atomic E-state index is 12.7. The number of amides is 1. The number of hydrogen-bond donors (Lipinski definition) is 2. The fraction of sp³-hybridized carbons (Fsp3) is 0.300. The second kappa shape index (κ2) is 5.92. The third kappa shape index (κ3) is 4.14. The van der Waals surface area contributed by atoms with Gasteiger partial charge in [0.2, 0.25) is 0 Å². The lowest BCUT2D eigenvalue weighted by molar-refractivity contribution is 0.142. The van der Waals surface area contributed by atoms with E-state index in [-0.39, 0.29) is 19.0 Å². The lowest BCUT2D eigenvalue weighted by atomic mass is 10.3. The standard InChI is InChI=1S/C10H13FN2O3/c11-8-3-1-4-9(7-8)16-6-2-5-13(12)10(14)15/h1,3-4,7H,2,5-6,12H2,(H,14,15).